The lowest BCUT2D eigenvalue weighted by Gasteiger charge is -2.18. The van der Waals surface area contributed by atoms with Crippen molar-refractivity contribution in [1.29, 1.82) is 0 Å². The Morgan fingerprint density at radius 1 is 0.892 bits per heavy atom. The van der Waals surface area contributed by atoms with Crippen LogP contribution in [0.25, 0.3) is 6.08 Å². The van der Waals surface area contributed by atoms with E-state index in [1.165, 1.54) is 63.8 Å². The summed E-state index contributed by atoms with van der Waals surface area (Å²) in [5.74, 6) is -2.66. The maximum atomic E-state index is 13.4. The van der Waals surface area contributed by atoms with Gasteiger partial charge in [-0.1, -0.05) is 42.5 Å². The molecular formula is C27H25FN2O7. The number of nitrogens with one attached hydrogen (secondary N) is 2. The average molecular weight is 509 g/mol. The molecule has 0 bridgehead atoms. The van der Waals surface area contributed by atoms with Crippen LogP contribution in [0.2, 0.25) is 0 Å². The van der Waals surface area contributed by atoms with Gasteiger partial charge < -0.3 is 30.0 Å². The van der Waals surface area contributed by atoms with Crippen LogP contribution >= 0.6 is 0 Å². The van der Waals surface area contributed by atoms with E-state index in [9.17, 15) is 23.9 Å². The van der Waals surface area contributed by atoms with Gasteiger partial charge in [-0.25, -0.2) is 9.18 Å². The zero-order valence-electron chi connectivity index (χ0n) is 20.3. The molecule has 3 N–H and O–H groups in total. The van der Waals surface area contributed by atoms with Crippen LogP contribution in [0.3, 0.4) is 0 Å². The highest BCUT2D eigenvalue weighted by molar-refractivity contribution is 6.06. The molecule has 0 saturated carbocycles. The molecule has 0 aliphatic carbocycles. The SMILES string of the molecule is COc1cc(C(=O)N/C(=C/c2ccc(F)cc2)C(=O)N[C@H](C(=O)O)c2ccccc2)cc(OC)c1OC. The molecule has 3 rings (SSSR count). The number of methoxy groups -OCH3 is 3. The van der Waals surface area contributed by atoms with Gasteiger partial charge in [0, 0.05) is 5.56 Å². The Kier molecular flexibility index (Phi) is 8.82. The predicted octanol–water partition coefficient (Wildman–Crippen LogP) is 3.56. The molecule has 192 valence electrons. The molecule has 2 amide bonds. The Labute approximate surface area is 212 Å². The van der Waals surface area contributed by atoms with Crippen molar-refractivity contribution in [3.05, 3.63) is 94.9 Å². The summed E-state index contributed by atoms with van der Waals surface area (Å²) in [5.41, 5.74) is 0.529. The molecule has 0 spiro atoms. The van der Waals surface area contributed by atoms with Crippen LogP contribution in [-0.2, 0) is 9.59 Å². The Morgan fingerprint density at radius 3 is 2.00 bits per heavy atom. The summed E-state index contributed by atoms with van der Waals surface area (Å²) in [5, 5.41) is 14.6. The summed E-state index contributed by atoms with van der Waals surface area (Å²) in [4.78, 5) is 38.3. The zero-order chi connectivity index (χ0) is 26.9. The summed E-state index contributed by atoms with van der Waals surface area (Å²) in [7, 11) is 4.20. The smallest absolute Gasteiger partial charge is 0.330 e. The first-order chi connectivity index (χ1) is 17.8. The van der Waals surface area contributed by atoms with Gasteiger partial charge in [-0.05, 0) is 41.5 Å². The average Bonchev–Trinajstić information content (AvgIpc) is 2.91. The van der Waals surface area contributed by atoms with E-state index >= 15 is 0 Å². The van der Waals surface area contributed by atoms with E-state index in [0.717, 1.165) is 0 Å². The number of ether oxygens (including phenoxy) is 3. The van der Waals surface area contributed by atoms with E-state index in [4.69, 9.17) is 14.2 Å². The third kappa shape index (κ3) is 6.63. The Morgan fingerprint density at radius 2 is 1.49 bits per heavy atom. The number of carboxylic acid groups (broad SMARTS) is 1. The highest BCUT2D eigenvalue weighted by Crippen LogP contribution is 2.38. The topological polar surface area (TPSA) is 123 Å². The second kappa shape index (κ2) is 12.2. The monoisotopic (exact) mass is 508 g/mol. The molecule has 0 heterocycles. The van der Waals surface area contributed by atoms with E-state index < -0.39 is 29.6 Å². The summed E-state index contributed by atoms with van der Waals surface area (Å²) < 4.78 is 29.2. The first kappa shape index (κ1) is 26.7. The molecule has 0 aliphatic heterocycles. The third-order valence-electron chi connectivity index (χ3n) is 5.26. The van der Waals surface area contributed by atoms with Gasteiger partial charge in [-0.3, -0.25) is 9.59 Å². The predicted molar refractivity (Wildman–Crippen MR) is 133 cm³/mol. The van der Waals surface area contributed by atoms with Crippen molar-refractivity contribution in [2.24, 2.45) is 0 Å². The molecule has 0 aliphatic rings. The zero-order valence-corrected chi connectivity index (χ0v) is 20.3. The van der Waals surface area contributed by atoms with Crippen LogP contribution in [0.5, 0.6) is 17.2 Å². The van der Waals surface area contributed by atoms with Gasteiger partial charge in [0.05, 0.1) is 21.3 Å². The fraction of sp³-hybridized carbons (Fsp3) is 0.148. The van der Waals surface area contributed by atoms with Crippen LogP contribution in [0.4, 0.5) is 4.39 Å². The number of carboxylic acids is 1. The maximum absolute atomic E-state index is 13.4. The molecule has 0 radical (unpaired) electrons. The minimum atomic E-state index is -1.39. The number of amides is 2. The highest BCUT2D eigenvalue weighted by atomic mass is 19.1. The number of benzene rings is 3. The molecule has 37 heavy (non-hydrogen) atoms. The number of hydrogen-bond acceptors (Lipinski definition) is 6. The second-order valence-corrected chi connectivity index (χ2v) is 7.63. The minimum absolute atomic E-state index is 0.0742. The van der Waals surface area contributed by atoms with Gasteiger partial charge in [-0.2, -0.15) is 0 Å². The van der Waals surface area contributed by atoms with Gasteiger partial charge in [0.15, 0.2) is 17.5 Å². The van der Waals surface area contributed by atoms with Crippen LogP contribution in [0, 0.1) is 5.82 Å². The standard InChI is InChI=1S/C27H25FN2O7/c1-35-21-14-18(15-22(36-2)24(21)37-3)25(31)29-20(13-16-9-11-19(28)12-10-16)26(32)30-23(27(33)34)17-7-5-4-6-8-17/h4-15,23H,1-3H3,(H,29,31)(H,30,32)(H,33,34)/b20-13+/t23-/m0/s1. The highest BCUT2D eigenvalue weighted by Gasteiger charge is 2.25. The van der Waals surface area contributed by atoms with E-state index in [1.807, 2.05) is 0 Å². The van der Waals surface area contributed by atoms with E-state index in [-0.39, 0.29) is 28.5 Å². The van der Waals surface area contributed by atoms with Crippen molar-refractivity contribution in [1.82, 2.24) is 10.6 Å². The van der Waals surface area contributed by atoms with Crippen molar-refractivity contribution in [2.45, 2.75) is 6.04 Å². The Bertz CT molecular complexity index is 1280. The number of aliphatic carboxylic acids is 1. The second-order valence-electron chi connectivity index (χ2n) is 7.63. The first-order valence-corrected chi connectivity index (χ1v) is 10.9. The molecule has 1 atom stereocenters. The molecule has 3 aromatic carbocycles. The van der Waals surface area contributed by atoms with Crippen molar-refractivity contribution in [3.8, 4) is 17.2 Å². The third-order valence-corrected chi connectivity index (χ3v) is 5.26. The van der Waals surface area contributed by atoms with Crippen molar-refractivity contribution >= 4 is 23.9 Å². The molecule has 10 heteroatoms. The summed E-state index contributed by atoms with van der Waals surface area (Å²) >= 11 is 0. The van der Waals surface area contributed by atoms with Gasteiger partial charge in [0.25, 0.3) is 11.8 Å². The minimum Gasteiger partial charge on any atom is -0.493 e. The van der Waals surface area contributed by atoms with Gasteiger partial charge in [0.2, 0.25) is 5.75 Å². The van der Waals surface area contributed by atoms with Crippen molar-refractivity contribution < 1.29 is 38.1 Å². The molecule has 0 fully saturated rings. The number of halogens is 1. The van der Waals surface area contributed by atoms with Crippen LogP contribution in [0.15, 0.2) is 72.4 Å². The summed E-state index contributed by atoms with van der Waals surface area (Å²) in [6, 6.07) is 14.7. The quantitative estimate of drug-likeness (QED) is 0.358. The number of carbonyl (C=O) groups is 3. The fourth-order valence-corrected chi connectivity index (χ4v) is 3.43. The lowest BCUT2D eigenvalue weighted by molar-refractivity contribution is -0.141. The van der Waals surface area contributed by atoms with Crippen LogP contribution in [0.1, 0.15) is 27.5 Å². The van der Waals surface area contributed by atoms with E-state index in [1.54, 1.807) is 30.3 Å². The molecule has 0 aromatic heterocycles. The van der Waals surface area contributed by atoms with Gasteiger partial charge in [0.1, 0.15) is 11.5 Å². The largest absolute Gasteiger partial charge is 0.493 e. The molecule has 0 saturated heterocycles. The summed E-state index contributed by atoms with van der Waals surface area (Å²) in [6.07, 6.45) is 1.30. The fourth-order valence-electron chi connectivity index (χ4n) is 3.43. The van der Waals surface area contributed by atoms with Crippen molar-refractivity contribution in [2.75, 3.05) is 21.3 Å². The molecular weight excluding hydrogens is 483 g/mol. The van der Waals surface area contributed by atoms with Crippen LogP contribution in [-0.4, -0.2) is 44.2 Å². The lowest BCUT2D eigenvalue weighted by atomic mass is 10.1. The Hall–Kier alpha value is -4.86. The van der Waals surface area contributed by atoms with Crippen LogP contribution < -0.4 is 24.8 Å². The lowest BCUT2D eigenvalue weighted by Crippen LogP contribution is -2.39. The van der Waals surface area contributed by atoms with Gasteiger partial charge in [-0.15, -0.1) is 0 Å². The van der Waals surface area contributed by atoms with E-state index in [0.29, 0.717) is 11.1 Å². The number of carbonyl (C=O) groups excluding carboxylic acids is 2. The molecule has 9 nitrogen and oxygen atoms in total. The number of rotatable bonds is 10. The molecule has 0 unspecified atom stereocenters. The maximum Gasteiger partial charge on any atom is 0.330 e. The Balaban J connectivity index is 1.98. The van der Waals surface area contributed by atoms with Gasteiger partial charge >= 0.3 is 5.97 Å². The first-order valence-electron chi connectivity index (χ1n) is 10.9. The summed E-state index contributed by atoms with van der Waals surface area (Å²) in [6.45, 7) is 0. The molecule has 3 aromatic rings. The normalized spacial score (nSPS) is 11.7. The van der Waals surface area contributed by atoms with E-state index in [2.05, 4.69) is 10.6 Å². The number of hydrogen-bond donors (Lipinski definition) is 3. The van der Waals surface area contributed by atoms with Crippen molar-refractivity contribution in [3.63, 3.8) is 0 Å².